The quantitative estimate of drug-likeness (QED) is 0.140. The zero-order valence-corrected chi connectivity index (χ0v) is 24.0. The molecule has 0 aliphatic carbocycles. The number of benzene rings is 2. The van der Waals surface area contributed by atoms with Gasteiger partial charge in [-0.25, -0.2) is 9.47 Å². The fraction of sp³-hybridized carbons (Fsp3) is 0.321. The molecule has 3 rings (SSSR count). The minimum absolute atomic E-state index is 0.229. The highest BCUT2D eigenvalue weighted by Gasteiger charge is 2.20. The molecule has 1 heterocycles. The van der Waals surface area contributed by atoms with Gasteiger partial charge in [-0.15, -0.1) is 17.9 Å². The van der Waals surface area contributed by atoms with Gasteiger partial charge in [0.2, 0.25) is 10.6 Å². The molecule has 0 fully saturated rings. The Labute approximate surface area is 231 Å². The average Bonchev–Trinajstić information content (AvgIpc) is 3.31. The van der Waals surface area contributed by atoms with Gasteiger partial charge in [0.15, 0.2) is 23.0 Å². The number of methoxy groups -OCH3 is 4. The van der Waals surface area contributed by atoms with Gasteiger partial charge < -0.3 is 28.4 Å². The van der Waals surface area contributed by atoms with E-state index in [9.17, 15) is 4.79 Å². The highest BCUT2D eigenvalue weighted by atomic mass is 32.1. The highest BCUT2D eigenvalue weighted by Crippen LogP contribution is 2.41. The lowest BCUT2D eigenvalue weighted by molar-refractivity contribution is 0.0201. The van der Waals surface area contributed by atoms with Gasteiger partial charge >= 0.3 is 6.16 Å². The molecule has 0 N–H and O–H groups in total. The van der Waals surface area contributed by atoms with E-state index in [1.165, 1.54) is 18.4 Å². The molecule has 3 aromatic rings. The van der Waals surface area contributed by atoms with Crippen molar-refractivity contribution in [3.63, 3.8) is 0 Å². The van der Waals surface area contributed by atoms with Crippen molar-refractivity contribution in [3.05, 3.63) is 58.7 Å². The molecular weight excluding hydrogens is 522 g/mol. The van der Waals surface area contributed by atoms with Gasteiger partial charge in [-0.05, 0) is 56.7 Å². The first-order valence-electron chi connectivity index (χ1n) is 11.9. The Hall–Kier alpha value is -4.25. The SMILES string of the molecule is C=CCN=c1scc(-c2cc(OC)c(OC)c(OC)c2)n1N=Cc1ccc(OC(=O)OC(C)(C)C)c(OC)c1. The molecule has 1 aromatic heterocycles. The van der Waals surface area contributed by atoms with Crippen LogP contribution in [0.3, 0.4) is 0 Å². The van der Waals surface area contributed by atoms with Crippen LogP contribution in [-0.2, 0) is 4.74 Å². The number of carbonyl (C=O) groups is 1. The summed E-state index contributed by atoms with van der Waals surface area (Å²) < 4.78 is 34.2. The Bertz CT molecular complexity index is 1390. The lowest BCUT2D eigenvalue weighted by Crippen LogP contribution is -2.26. The monoisotopic (exact) mass is 555 g/mol. The number of rotatable bonds is 10. The summed E-state index contributed by atoms with van der Waals surface area (Å²) in [5, 5.41) is 6.65. The Morgan fingerprint density at radius 2 is 1.64 bits per heavy atom. The summed E-state index contributed by atoms with van der Waals surface area (Å²) in [6.45, 7) is 9.46. The van der Waals surface area contributed by atoms with E-state index >= 15 is 0 Å². The maximum atomic E-state index is 12.1. The maximum absolute atomic E-state index is 12.1. The molecule has 10 nitrogen and oxygen atoms in total. The van der Waals surface area contributed by atoms with E-state index in [4.69, 9.17) is 33.5 Å². The molecule has 0 aliphatic rings. The van der Waals surface area contributed by atoms with Crippen LogP contribution >= 0.6 is 11.3 Å². The van der Waals surface area contributed by atoms with Gasteiger partial charge in [0.25, 0.3) is 0 Å². The van der Waals surface area contributed by atoms with Gasteiger partial charge in [-0.1, -0.05) is 6.08 Å². The second kappa shape index (κ2) is 13.0. The van der Waals surface area contributed by atoms with Gasteiger partial charge in [0, 0.05) is 10.9 Å². The first-order chi connectivity index (χ1) is 18.6. The molecule has 0 amide bonds. The Morgan fingerprint density at radius 1 is 0.974 bits per heavy atom. The van der Waals surface area contributed by atoms with E-state index in [0.717, 1.165) is 11.3 Å². The van der Waals surface area contributed by atoms with Crippen molar-refractivity contribution in [1.29, 1.82) is 0 Å². The van der Waals surface area contributed by atoms with Crippen molar-refractivity contribution in [2.45, 2.75) is 26.4 Å². The third-order valence-corrected chi connectivity index (χ3v) is 5.95. The largest absolute Gasteiger partial charge is 0.514 e. The molecule has 0 saturated carbocycles. The minimum atomic E-state index is -0.820. The number of nitrogens with zero attached hydrogens (tertiary/aromatic N) is 3. The van der Waals surface area contributed by atoms with Crippen LogP contribution < -0.4 is 28.5 Å². The van der Waals surface area contributed by atoms with Crippen LogP contribution in [0.1, 0.15) is 26.3 Å². The van der Waals surface area contributed by atoms with Crippen molar-refractivity contribution in [1.82, 2.24) is 4.68 Å². The Morgan fingerprint density at radius 3 is 2.21 bits per heavy atom. The van der Waals surface area contributed by atoms with Crippen LogP contribution in [0, 0.1) is 0 Å². The number of hydrogen-bond acceptors (Lipinski definition) is 10. The van der Waals surface area contributed by atoms with Crippen LogP contribution in [0.4, 0.5) is 4.79 Å². The van der Waals surface area contributed by atoms with Gasteiger partial charge in [-0.2, -0.15) is 5.10 Å². The molecule has 0 spiro atoms. The summed E-state index contributed by atoms with van der Waals surface area (Å²) in [6, 6.07) is 8.76. The van der Waals surface area contributed by atoms with E-state index < -0.39 is 11.8 Å². The summed E-state index contributed by atoms with van der Waals surface area (Å²) in [4.78, 5) is 17.4. The topological polar surface area (TPSA) is 102 Å². The molecule has 2 aromatic carbocycles. The van der Waals surface area contributed by atoms with Crippen molar-refractivity contribution < 1.29 is 33.2 Å². The number of carbonyl (C=O) groups excluding carboxylic acids is 1. The van der Waals surface area contributed by atoms with Gasteiger partial charge in [0.1, 0.15) is 5.60 Å². The van der Waals surface area contributed by atoms with E-state index in [1.807, 2.05) is 17.5 Å². The molecule has 0 aliphatic heterocycles. The molecular formula is C28H33N3O7S. The summed E-state index contributed by atoms with van der Waals surface area (Å²) in [5.41, 5.74) is 1.57. The fourth-order valence-corrected chi connectivity index (χ4v) is 4.27. The van der Waals surface area contributed by atoms with Crippen molar-refractivity contribution >= 4 is 23.7 Å². The number of thiazole rings is 1. The average molecular weight is 556 g/mol. The zero-order chi connectivity index (χ0) is 28.6. The minimum Gasteiger partial charge on any atom is -0.493 e. The van der Waals surface area contributed by atoms with Crippen molar-refractivity contribution in [3.8, 4) is 40.0 Å². The summed E-state index contributed by atoms with van der Waals surface area (Å²) in [7, 11) is 6.17. The standard InChI is InChI=1S/C28H33N3O7S/c1-9-12-29-26-31(20(17-39-26)19-14-23(34-6)25(36-8)24(15-19)35-7)30-16-18-10-11-21(22(13-18)33-5)37-27(32)38-28(2,3)4/h9-11,13-17H,1,12H2,2-8H3. The second-order valence-electron chi connectivity index (χ2n) is 8.98. The first-order valence-corrected chi connectivity index (χ1v) is 12.8. The molecule has 0 bridgehead atoms. The second-order valence-corrected chi connectivity index (χ2v) is 9.82. The van der Waals surface area contributed by atoms with Crippen LogP contribution in [-0.4, -0.2) is 57.6 Å². The van der Waals surface area contributed by atoms with Gasteiger partial charge in [0.05, 0.1) is 46.9 Å². The summed E-state index contributed by atoms with van der Waals surface area (Å²) in [5.74, 6) is 2.10. The summed E-state index contributed by atoms with van der Waals surface area (Å²) >= 11 is 1.43. The van der Waals surface area contributed by atoms with E-state index in [0.29, 0.717) is 39.9 Å². The molecule has 39 heavy (non-hydrogen) atoms. The van der Waals surface area contributed by atoms with Crippen LogP contribution in [0.15, 0.2) is 58.5 Å². The van der Waals surface area contributed by atoms with E-state index in [2.05, 4.69) is 11.6 Å². The number of aromatic nitrogens is 1. The Kier molecular flexibility index (Phi) is 9.78. The van der Waals surface area contributed by atoms with Crippen LogP contribution in [0.2, 0.25) is 0 Å². The van der Waals surface area contributed by atoms with Crippen molar-refractivity contribution in [2.24, 2.45) is 10.1 Å². The molecule has 0 radical (unpaired) electrons. The van der Waals surface area contributed by atoms with Crippen molar-refractivity contribution in [2.75, 3.05) is 35.0 Å². The predicted molar refractivity (Wildman–Crippen MR) is 151 cm³/mol. The fourth-order valence-electron chi connectivity index (χ4n) is 3.42. The molecule has 0 atom stereocenters. The maximum Gasteiger partial charge on any atom is 0.514 e. The normalized spacial score (nSPS) is 11.8. The predicted octanol–water partition coefficient (Wildman–Crippen LogP) is 5.53. The first kappa shape index (κ1) is 29.3. The zero-order valence-electron chi connectivity index (χ0n) is 23.1. The van der Waals surface area contributed by atoms with E-state index in [1.54, 1.807) is 77.3 Å². The summed E-state index contributed by atoms with van der Waals surface area (Å²) in [6.07, 6.45) is 2.54. The Balaban J connectivity index is 2.03. The molecule has 11 heteroatoms. The van der Waals surface area contributed by atoms with Crippen LogP contribution in [0.25, 0.3) is 11.3 Å². The highest BCUT2D eigenvalue weighted by molar-refractivity contribution is 7.07. The molecule has 0 unspecified atom stereocenters. The smallest absolute Gasteiger partial charge is 0.493 e. The molecule has 0 saturated heterocycles. The lowest BCUT2D eigenvalue weighted by atomic mass is 10.1. The van der Waals surface area contributed by atoms with Crippen LogP contribution in [0.5, 0.6) is 28.7 Å². The third-order valence-electron chi connectivity index (χ3n) is 5.09. The third kappa shape index (κ3) is 7.41. The number of hydrogen-bond donors (Lipinski definition) is 0. The molecule has 208 valence electrons. The van der Waals surface area contributed by atoms with Gasteiger partial charge in [-0.3, -0.25) is 4.99 Å². The van der Waals surface area contributed by atoms with E-state index in [-0.39, 0.29) is 5.75 Å². The number of ether oxygens (including phenoxy) is 6. The lowest BCUT2D eigenvalue weighted by Gasteiger charge is -2.19.